The molecule has 86 valence electrons. The molecule has 0 aliphatic rings. The molecule has 3 amide bonds. The SMILES string of the molecule is C[C@H](NC(N)=O)C(=O)NCc1ccccc1. The van der Waals surface area contributed by atoms with Gasteiger partial charge in [0.1, 0.15) is 6.04 Å². The van der Waals surface area contributed by atoms with E-state index in [4.69, 9.17) is 5.73 Å². The van der Waals surface area contributed by atoms with E-state index in [1.807, 2.05) is 30.3 Å². The Balaban J connectivity index is 2.38. The molecule has 0 bridgehead atoms. The number of urea groups is 1. The lowest BCUT2D eigenvalue weighted by Gasteiger charge is -2.12. The minimum Gasteiger partial charge on any atom is -0.352 e. The largest absolute Gasteiger partial charge is 0.352 e. The van der Waals surface area contributed by atoms with Crippen LogP contribution >= 0.6 is 0 Å². The third-order valence-corrected chi connectivity index (χ3v) is 2.06. The fourth-order valence-electron chi connectivity index (χ4n) is 1.22. The molecule has 0 heterocycles. The van der Waals surface area contributed by atoms with Crippen LogP contribution in [0.3, 0.4) is 0 Å². The van der Waals surface area contributed by atoms with Crippen LogP contribution in [0.4, 0.5) is 4.79 Å². The lowest BCUT2D eigenvalue weighted by Crippen LogP contribution is -2.46. The molecule has 0 radical (unpaired) electrons. The minimum absolute atomic E-state index is 0.261. The first-order valence-corrected chi connectivity index (χ1v) is 4.97. The number of nitrogens with one attached hydrogen (secondary N) is 2. The number of hydrogen-bond acceptors (Lipinski definition) is 2. The lowest BCUT2D eigenvalue weighted by molar-refractivity contribution is -0.122. The smallest absolute Gasteiger partial charge is 0.312 e. The van der Waals surface area contributed by atoms with Gasteiger partial charge in [0.25, 0.3) is 0 Å². The molecule has 0 aliphatic carbocycles. The quantitative estimate of drug-likeness (QED) is 0.685. The van der Waals surface area contributed by atoms with Crippen LogP contribution in [0, 0.1) is 0 Å². The van der Waals surface area contributed by atoms with Crippen molar-refractivity contribution in [3.63, 3.8) is 0 Å². The van der Waals surface area contributed by atoms with Crippen LogP contribution in [0.25, 0.3) is 0 Å². The van der Waals surface area contributed by atoms with E-state index in [9.17, 15) is 9.59 Å². The third kappa shape index (κ3) is 4.00. The molecular weight excluding hydrogens is 206 g/mol. The predicted molar refractivity (Wildman–Crippen MR) is 60.5 cm³/mol. The summed E-state index contributed by atoms with van der Waals surface area (Å²) in [5, 5.41) is 5.00. The minimum atomic E-state index is -0.706. The predicted octanol–water partition coefficient (Wildman–Crippen LogP) is 0.360. The molecule has 4 N–H and O–H groups in total. The van der Waals surface area contributed by atoms with E-state index in [2.05, 4.69) is 10.6 Å². The summed E-state index contributed by atoms with van der Waals surface area (Å²) in [6, 6.07) is 8.18. The van der Waals surface area contributed by atoms with Crippen molar-refractivity contribution < 1.29 is 9.59 Å². The Morgan fingerprint density at radius 1 is 1.31 bits per heavy atom. The monoisotopic (exact) mass is 221 g/mol. The van der Waals surface area contributed by atoms with Gasteiger partial charge in [-0.2, -0.15) is 0 Å². The van der Waals surface area contributed by atoms with Crippen molar-refractivity contribution in [2.45, 2.75) is 19.5 Å². The number of amides is 3. The van der Waals surface area contributed by atoms with Crippen LogP contribution < -0.4 is 16.4 Å². The van der Waals surface area contributed by atoms with Crippen LogP contribution in [-0.2, 0) is 11.3 Å². The highest BCUT2D eigenvalue weighted by Crippen LogP contribution is 1.97. The summed E-state index contributed by atoms with van der Waals surface area (Å²) in [6.07, 6.45) is 0. The summed E-state index contributed by atoms with van der Waals surface area (Å²) in [6.45, 7) is 2.01. The maximum atomic E-state index is 11.5. The number of primary amides is 1. The Labute approximate surface area is 94.0 Å². The van der Waals surface area contributed by atoms with Crippen LogP contribution in [0.15, 0.2) is 30.3 Å². The van der Waals surface area contributed by atoms with Gasteiger partial charge < -0.3 is 16.4 Å². The van der Waals surface area contributed by atoms with Crippen LogP contribution in [0.5, 0.6) is 0 Å². The van der Waals surface area contributed by atoms with Gasteiger partial charge >= 0.3 is 6.03 Å². The van der Waals surface area contributed by atoms with Gasteiger partial charge in [-0.1, -0.05) is 30.3 Å². The van der Waals surface area contributed by atoms with Crippen molar-refractivity contribution in [2.75, 3.05) is 0 Å². The van der Waals surface area contributed by atoms with Crippen molar-refractivity contribution in [2.24, 2.45) is 5.73 Å². The average molecular weight is 221 g/mol. The van der Waals surface area contributed by atoms with Gasteiger partial charge in [-0.25, -0.2) is 4.79 Å². The summed E-state index contributed by atoms with van der Waals surface area (Å²) in [7, 11) is 0. The van der Waals surface area contributed by atoms with Gasteiger partial charge in [-0.05, 0) is 12.5 Å². The highest BCUT2D eigenvalue weighted by molar-refractivity contribution is 5.86. The van der Waals surface area contributed by atoms with E-state index in [1.54, 1.807) is 6.92 Å². The number of nitrogens with two attached hydrogens (primary N) is 1. The molecule has 16 heavy (non-hydrogen) atoms. The second-order valence-electron chi connectivity index (χ2n) is 3.43. The molecule has 0 unspecified atom stereocenters. The van der Waals surface area contributed by atoms with Crippen molar-refractivity contribution in [3.05, 3.63) is 35.9 Å². The fourth-order valence-corrected chi connectivity index (χ4v) is 1.22. The summed E-state index contributed by atoms with van der Waals surface area (Å²) in [5.74, 6) is -0.261. The molecule has 5 nitrogen and oxygen atoms in total. The van der Waals surface area contributed by atoms with E-state index >= 15 is 0 Å². The van der Waals surface area contributed by atoms with E-state index in [-0.39, 0.29) is 5.91 Å². The fraction of sp³-hybridized carbons (Fsp3) is 0.273. The Morgan fingerprint density at radius 3 is 2.50 bits per heavy atom. The van der Waals surface area contributed by atoms with Gasteiger partial charge in [0.2, 0.25) is 5.91 Å². The van der Waals surface area contributed by atoms with Crippen molar-refractivity contribution >= 4 is 11.9 Å². The van der Waals surface area contributed by atoms with Gasteiger partial charge in [0, 0.05) is 6.54 Å². The Kier molecular flexibility index (Phi) is 4.32. The molecule has 1 aromatic carbocycles. The molecule has 0 aromatic heterocycles. The second-order valence-corrected chi connectivity index (χ2v) is 3.43. The Bertz CT molecular complexity index is 365. The first kappa shape index (κ1) is 12.0. The normalized spacial score (nSPS) is 11.6. The Morgan fingerprint density at radius 2 is 1.94 bits per heavy atom. The molecule has 0 fully saturated rings. The van der Waals surface area contributed by atoms with E-state index < -0.39 is 12.1 Å². The first-order valence-electron chi connectivity index (χ1n) is 4.97. The van der Waals surface area contributed by atoms with Gasteiger partial charge in [0.15, 0.2) is 0 Å². The zero-order valence-electron chi connectivity index (χ0n) is 9.07. The van der Waals surface area contributed by atoms with Crippen LogP contribution in [0.2, 0.25) is 0 Å². The van der Waals surface area contributed by atoms with Gasteiger partial charge in [-0.3, -0.25) is 4.79 Å². The van der Waals surface area contributed by atoms with E-state index in [0.717, 1.165) is 5.56 Å². The van der Waals surface area contributed by atoms with Gasteiger partial charge in [-0.15, -0.1) is 0 Å². The zero-order valence-corrected chi connectivity index (χ0v) is 9.07. The molecule has 1 atom stereocenters. The number of benzene rings is 1. The van der Waals surface area contributed by atoms with Crippen molar-refractivity contribution in [3.8, 4) is 0 Å². The summed E-state index contributed by atoms with van der Waals surface area (Å²) < 4.78 is 0. The number of rotatable bonds is 4. The van der Waals surface area contributed by atoms with Crippen LogP contribution in [-0.4, -0.2) is 18.0 Å². The van der Waals surface area contributed by atoms with Crippen molar-refractivity contribution in [1.82, 2.24) is 10.6 Å². The molecule has 0 aliphatic heterocycles. The molecule has 1 rings (SSSR count). The number of carbonyl (C=O) groups excluding carboxylic acids is 2. The molecule has 0 saturated heterocycles. The lowest BCUT2D eigenvalue weighted by atomic mass is 10.2. The Hall–Kier alpha value is -2.04. The molecule has 0 saturated carbocycles. The zero-order chi connectivity index (χ0) is 12.0. The number of carbonyl (C=O) groups is 2. The molecule has 1 aromatic rings. The van der Waals surface area contributed by atoms with Crippen molar-refractivity contribution in [1.29, 1.82) is 0 Å². The molecular formula is C11H15N3O2. The molecule has 5 heteroatoms. The van der Waals surface area contributed by atoms with E-state index in [0.29, 0.717) is 6.54 Å². The molecule has 0 spiro atoms. The highest BCUT2D eigenvalue weighted by atomic mass is 16.2. The van der Waals surface area contributed by atoms with Crippen LogP contribution in [0.1, 0.15) is 12.5 Å². The first-order chi connectivity index (χ1) is 7.59. The highest BCUT2D eigenvalue weighted by Gasteiger charge is 2.12. The summed E-state index contributed by atoms with van der Waals surface area (Å²) in [5.41, 5.74) is 5.91. The average Bonchev–Trinajstić information content (AvgIpc) is 2.26. The number of hydrogen-bond donors (Lipinski definition) is 3. The second kappa shape index (κ2) is 5.75. The topological polar surface area (TPSA) is 84.2 Å². The standard InChI is InChI=1S/C11H15N3O2/c1-8(14-11(12)16)10(15)13-7-9-5-3-2-4-6-9/h2-6,8H,7H2,1H3,(H,13,15)(H3,12,14,16)/t8-/m0/s1. The third-order valence-electron chi connectivity index (χ3n) is 2.06. The maximum Gasteiger partial charge on any atom is 0.312 e. The maximum absolute atomic E-state index is 11.5. The summed E-state index contributed by atoms with van der Waals surface area (Å²) >= 11 is 0. The van der Waals surface area contributed by atoms with Gasteiger partial charge in [0.05, 0.1) is 0 Å². The summed E-state index contributed by atoms with van der Waals surface area (Å²) in [4.78, 5) is 22.0. The van der Waals surface area contributed by atoms with E-state index in [1.165, 1.54) is 0 Å².